The maximum absolute atomic E-state index is 13.3. The Morgan fingerprint density at radius 1 is 0.956 bits per heavy atom. The van der Waals surface area contributed by atoms with Gasteiger partial charge in [0, 0.05) is 37.9 Å². The van der Waals surface area contributed by atoms with Crippen molar-refractivity contribution in [2.75, 3.05) is 23.4 Å². The number of nitrogens with zero attached hydrogens (tertiary/aromatic N) is 6. The summed E-state index contributed by atoms with van der Waals surface area (Å²) in [6.45, 7) is 4.25. The van der Waals surface area contributed by atoms with Gasteiger partial charge in [0.25, 0.3) is 11.8 Å². The first-order valence-corrected chi connectivity index (χ1v) is 15.1. The fraction of sp³-hybridized carbons (Fsp3) is 0.303. The van der Waals surface area contributed by atoms with Crippen LogP contribution in [0.4, 0.5) is 11.6 Å². The molecule has 0 spiro atoms. The zero-order chi connectivity index (χ0) is 31.1. The number of fused-ring (bicyclic) bond motifs is 2. The van der Waals surface area contributed by atoms with Crippen LogP contribution in [0.15, 0.2) is 72.0 Å². The minimum Gasteiger partial charge on any atom is -0.371 e. The predicted molar refractivity (Wildman–Crippen MR) is 168 cm³/mol. The number of amides is 4. The second kappa shape index (κ2) is 11.6. The molecule has 2 aromatic heterocycles. The minimum atomic E-state index is -0.974. The molecule has 45 heavy (non-hydrogen) atoms. The van der Waals surface area contributed by atoms with Crippen molar-refractivity contribution < 1.29 is 19.2 Å². The summed E-state index contributed by atoms with van der Waals surface area (Å²) in [6.07, 6.45) is 3.82. The maximum atomic E-state index is 13.3. The largest absolute Gasteiger partial charge is 0.371 e. The van der Waals surface area contributed by atoms with Crippen LogP contribution in [0, 0.1) is 5.92 Å². The molecule has 1 atom stereocenters. The lowest BCUT2D eigenvalue weighted by Gasteiger charge is -2.34. The van der Waals surface area contributed by atoms with Crippen LogP contribution >= 0.6 is 0 Å². The lowest BCUT2D eigenvalue weighted by molar-refractivity contribution is -0.136. The van der Waals surface area contributed by atoms with E-state index in [2.05, 4.69) is 36.4 Å². The van der Waals surface area contributed by atoms with E-state index in [0.29, 0.717) is 17.4 Å². The van der Waals surface area contributed by atoms with Crippen molar-refractivity contribution in [2.45, 2.75) is 45.2 Å². The molecule has 4 amide bonds. The Kier molecular flexibility index (Phi) is 7.32. The van der Waals surface area contributed by atoms with Crippen LogP contribution < -0.4 is 15.6 Å². The summed E-state index contributed by atoms with van der Waals surface area (Å²) in [5.41, 5.74) is 8.11. The number of rotatable bonds is 7. The number of benzene rings is 2. The van der Waals surface area contributed by atoms with E-state index in [1.54, 1.807) is 18.3 Å². The highest BCUT2D eigenvalue weighted by atomic mass is 16.2. The van der Waals surface area contributed by atoms with Crippen molar-refractivity contribution in [1.29, 1.82) is 0 Å². The van der Waals surface area contributed by atoms with Crippen LogP contribution in [0.1, 0.15) is 59.0 Å². The summed E-state index contributed by atoms with van der Waals surface area (Å²) in [5.74, 6) is -0.920. The number of carbonyl (C=O) groups excluding carboxylic acids is 4. The molecular formula is C33H32N8O4. The lowest BCUT2D eigenvalue weighted by atomic mass is 9.95. The molecule has 0 radical (unpaired) electrons. The molecule has 2 fully saturated rings. The maximum Gasteiger partial charge on any atom is 0.262 e. The third kappa shape index (κ3) is 5.32. The number of hydrogen-bond acceptors (Lipinski definition) is 9. The average Bonchev–Trinajstić information content (AvgIpc) is 3.53. The molecule has 2 N–H and O–H groups in total. The molecule has 0 bridgehead atoms. The van der Waals surface area contributed by atoms with E-state index in [4.69, 9.17) is 4.98 Å². The number of piperidine rings is 2. The van der Waals surface area contributed by atoms with E-state index < -0.39 is 29.7 Å². The van der Waals surface area contributed by atoms with E-state index in [-0.39, 0.29) is 18.4 Å². The molecule has 12 nitrogen and oxygen atoms in total. The Labute approximate surface area is 259 Å². The van der Waals surface area contributed by atoms with Crippen LogP contribution in [0.3, 0.4) is 0 Å². The molecule has 3 aliphatic heterocycles. The number of hydrogen-bond donors (Lipinski definition) is 2. The van der Waals surface area contributed by atoms with Crippen molar-refractivity contribution in [3.8, 4) is 0 Å². The van der Waals surface area contributed by atoms with Gasteiger partial charge in [0.15, 0.2) is 0 Å². The Morgan fingerprint density at radius 3 is 2.51 bits per heavy atom. The van der Waals surface area contributed by atoms with Crippen LogP contribution in [0.2, 0.25) is 0 Å². The first kappa shape index (κ1) is 28.4. The molecule has 4 aromatic rings. The molecule has 1 unspecified atom stereocenters. The zero-order valence-corrected chi connectivity index (χ0v) is 24.8. The van der Waals surface area contributed by atoms with Crippen LogP contribution in [-0.4, -0.2) is 67.9 Å². The molecule has 228 valence electrons. The molecule has 3 aliphatic rings. The number of pyridine rings is 1. The van der Waals surface area contributed by atoms with E-state index >= 15 is 0 Å². The molecule has 7 rings (SSSR count). The number of anilines is 2. The molecule has 2 aromatic carbocycles. The van der Waals surface area contributed by atoms with Gasteiger partial charge in [-0.15, -0.1) is 0 Å². The van der Waals surface area contributed by atoms with Gasteiger partial charge in [0.05, 0.1) is 33.6 Å². The Bertz CT molecular complexity index is 1860. The number of nitrogens with one attached hydrogen (secondary N) is 2. The van der Waals surface area contributed by atoms with Gasteiger partial charge >= 0.3 is 0 Å². The van der Waals surface area contributed by atoms with Crippen molar-refractivity contribution in [3.63, 3.8) is 0 Å². The molecular weight excluding hydrogens is 572 g/mol. The summed E-state index contributed by atoms with van der Waals surface area (Å²) >= 11 is 0. The Hall–Kier alpha value is -5.39. The van der Waals surface area contributed by atoms with Crippen molar-refractivity contribution in [2.24, 2.45) is 11.0 Å². The quantitative estimate of drug-likeness (QED) is 0.185. The zero-order valence-electron chi connectivity index (χ0n) is 24.8. The smallest absolute Gasteiger partial charge is 0.262 e. The van der Waals surface area contributed by atoms with Gasteiger partial charge in [-0.05, 0) is 74.6 Å². The molecule has 5 heterocycles. The molecule has 0 aliphatic carbocycles. The second-order valence-corrected chi connectivity index (χ2v) is 11.7. The van der Waals surface area contributed by atoms with Crippen LogP contribution in [-0.2, 0) is 16.1 Å². The Morgan fingerprint density at radius 2 is 1.73 bits per heavy atom. The summed E-state index contributed by atoms with van der Waals surface area (Å²) in [4.78, 5) is 62.8. The number of carbonyl (C=O) groups is 4. The summed E-state index contributed by atoms with van der Waals surface area (Å²) in [7, 11) is 0. The summed E-state index contributed by atoms with van der Waals surface area (Å²) in [6, 6.07) is 18.1. The first-order valence-electron chi connectivity index (χ1n) is 15.1. The summed E-state index contributed by atoms with van der Waals surface area (Å²) in [5, 5.41) is 6.81. The van der Waals surface area contributed by atoms with Gasteiger partial charge in [0.1, 0.15) is 6.04 Å². The fourth-order valence-electron chi connectivity index (χ4n) is 6.40. The molecule has 12 heteroatoms. The highest BCUT2D eigenvalue weighted by Crippen LogP contribution is 2.33. The lowest BCUT2D eigenvalue weighted by Crippen LogP contribution is -2.54. The van der Waals surface area contributed by atoms with Gasteiger partial charge < -0.3 is 9.47 Å². The number of para-hydroxylation sites is 2. The van der Waals surface area contributed by atoms with Crippen molar-refractivity contribution in [3.05, 3.63) is 83.7 Å². The minimum absolute atomic E-state index is 0.0917. The topological polar surface area (TPSA) is 142 Å². The van der Waals surface area contributed by atoms with Crippen molar-refractivity contribution >= 4 is 52.0 Å². The normalized spacial score (nSPS) is 19.3. The molecule has 0 saturated carbocycles. The van der Waals surface area contributed by atoms with Gasteiger partial charge in [-0.3, -0.25) is 34.4 Å². The summed E-state index contributed by atoms with van der Waals surface area (Å²) < 4.78 is 2.19. The van der Waals surface area contributed by atoms with E-state index in [1.165, 1.54) is 0 Å². The van der Waals surface area contributed by atoms with Crippen molar-refractivity contribution in [1.82, 2.24) is 24.8 Å². The average molecular weight is 605 g/mol. The van der Waals surface area contributed by atoms with Gasteiger partial charge in [-0.1, -0.05) is 18.2 Å². The standard InChI is InChI=1S/C33H32N8O4/c1-20(25-6-4-5-15-34-25)37-38-33-35-26-7-2-3-8-27(26)40(33)19-21-13-16-39(17-14-21)22-9-10-23-24(18-22)32(45)41(31(23)44)28-11-12-29(42)36-30(28)43/h2-10,15,18,21,28H,11-14,16-17,19H2,1H3,(H,35,38)(H,36,42,43)/b37-20+. The monoisotopic (exact) mass is 604 g/mol. The molecule has 2 saturated heterocycles. The second-order valence-electron chi connectivity index (χ2n) is 11.7. The van der Waals surface area contributed by atoms with Gasteiger partial charge in [-0.25, -0.2) is 10.4 Å². The SMILES string of the molecule is C/C(=N\Nc1nc2ccccc2n1CC1CCN(c2ccc3c(c2)C(=O)N(C2CCC(=O)NC2=O)C3=O)CC1)c1ccccn1. The third-order valence-electron chi connectivity index (χ3n) is 8.86. The predicted octanol–water partition coefficient (Wildman–Crippen LogP) is 3.59. The number of aromatic nitrogens is 3. The van der Waals surface area contributed by atoms with Crippen LogP contribution in [0.5, 0.6) is 0 Å². The van der Waals surface area contributed by atoms with Gasteiger partial charge in [-0.2, -0.15) is 5.10 Å². The number of imidazole rings is 1. The first-order chi connectivity index (χ1) is 21.9. The fourth-order valence-corrected chi connectivity index (χ4v) is 6.40. The van der Waals surface area contributed by atoms with Gasteiger partial charge in [0.2, 0.25) is 17.8 Å². The van der Waals surface area contributed by atoms with E-state index in [9.17, 15) is 19.2 Å². The highest BCUT2D eigenvalue weighted by Gasteiger charge is 2.44. The third-order valence-corrected chi connectivity index (χ3v) is 8.86. The highest BCUT2D eigenvalue weighted by molar-refractivity contribution is 6.23. The van der Waals surface area contributed by atoms with Crippen LogP contribution in [0.25, 0.3) is 11.0 Å². The van der Waals surface area contributed by atoms with E-state index in [1.807, 2.05) is 49.4 Å². The Balaban J connectivity index is 1.04. The number of imide groups is 2. The number of hydrazone groups is 1. The van der Waals surface area contributed by atoms with E-state index in [0.717, 1.165) is 65.5 Å².